The summed E-state index contributed by atoms with van der Waals surface area (Å²) in [7, 11) is 3.93. The lowest BCUT2D eigenvalue weighted by Crippen LogP contribution is -2.45. The molecule has 0 saturated carbocycles. The number of amides is 1. The largest absolute Gasteiger partial charge is 0.480 e. The van der Waals surface area contributed by atoms with E-state index in [1.54, 1.807) is 0 Å². The number of carbonyl (C=O) groups is 2. The van der Waals surface area contributed by atoms with Gasteiger partial charge in [0.1, 0.15) is 6.04 Å². The van der Waals surface area contributed by atoms with E-state index < -0.39 is 12.0 Å². The van der Waals surface area contributed by atoms with Gasteiger partial charge in [-0.2, -0.15) is 0 Å². The Kier molecular flexibility index (Phi) is 8.93. The van der Waals surface area contributed by atoms with E-state index in [-0.39, 0.29) is 24.8 Å². The van der Waals surface area contributed by atoms with Gasteiger partial charge in [0.15, 0.2) is 5.96 Å². The van der Waals surface area contributed by atoms with E-state index in [1.165, 1.54) is 0 Å². The van der Waals surface area contributed by atoms with Crippen LogP contribution in [-0.2, 0) is 16.1 Å². The summed E-state index contributed by atoms with van der Waals surface area (Å²) in [5, 5.41) is 24.3. The Bertz CT molecular complexity index is 603. The SMILES string of the molecule is CN(C)c1ccc(CNCC(=O)NC(CCCNC(=N)N)C(=O)O)cc1. The summed E-state index contributed by atoms with van der Waals surface area (Å²) in [5.74, 6) is -1.62. The Morgan fingerprint density at radius 3 is 2.46 bits per heavy atom. The summed E-state index contributed by atoms with van der Waals surface area (Å²) in [5.41, 5.74) is 7.28. The van der Waals surface area contributed by atoms with Crippen LogP contribution in [0.4, 0.5) is 5.69 Å². The van der Waals surface area contributed by atoms with E-state index in [2.05, 4.69) is 16.0 Å². The predicted octanol–water partition coefficient (Wildman–Crippen LogP) is -0.325. The van der Waals surface area contributed by atoms with Crippen molar-refractivity contribution in [3.63, 3.8) is 0 Å². The van der Waals surface area contributed by atoms with E-state index >= 15 is 0 Å². The summed E-state index contributed by atoms with van der Waals surface area (Å²) in [6, 6.07) is 6.97. The summed E-state index contributed by atoms with van der Waals surface area (Å²) in [6.45, 7) is 0.933. The van der Waals surface area contributed by atoms with E-state index in [0.717, 1.165) is 11.3 Å². The molecule has 1 atom stereocenters. The zero-order valence-electron chi connectivity index (χ0n) is 15.2. The molecule has 0 radical (unpaired) electrons. The smallest absolute Gasteiger partial charge is 0.326 e. The molecule has 0 spiro atoms. The number of rotatable bonds is 11. The number of nitrogens with one attached hydrogen (secondary N) is 4. The molecule has 1 rings (SSSR count). The third-order valence-electron chi connectivity index (χ3n) is 3.69. The summed E-state index contributed by atoms with van der Waals surface area (Å²) in [4.78, 5) is 25.1. The number of guanidine groups is 1. The molecule has 0 aliphatic carbocycles. The van der Waals surface area contributed by atoms with Gasteiger partial charge in [0.25, 0.3) is 0 Å². The number of carboxylic acids is 1. The van der Waals surface area contributed by atoms with Crippen LogP contribution in [0.5, 0.6) is 0 Å². The van der Waals surface area contributed by atoms with Crippen molar-refractivity contribution in [2.75, 3.05) is 32.1 Å². The van der Waals surface area contributed by atoms with E-state index in [4.69, 9.17) is 11.1 Å². The van der Waals surface area contributed by atoms with Gasteiger partial charge >= 0.3 is 5.97 Å². The van der Waals surface area contributed by atoms with Crippen LogP contribution in [0.25, 0.3) is 0 Å². The number of carboxylic acid groups (broad SMARTS) is 1. The minimum absolute atomic E-state index is 0.0326. The highest BCUT2D eigenvalue weighted by molar-refractivity contribution is 5.84. The lowest BCUT2D eigenvalue weighted by Gasteiger charge is -2.15. The Hall–Kier alpha value is -2.81. The fourth-order valence-corrected chi connectivity index (χ4v) is 2.26. The van der Waals surface area contributed by atoms with Crippen LogP contribution >= 0.6 is 0 Å². The maximum Gasteiger partial charge on any atom is 0.326 e. The van der Waals surface area contributed by atoms with Crippen LogP contribution in [0, 0.1) is 5.41 Å². The molecule has 26 heavy (non-hydrogen) atoms. The van der Waals surface area contributed by atoms with Crippen LogP contribution in [0.15, 0.2) is 24.3 Å². The maximum atomic E-state index is 11.9. The molecule has 0 heterocycles. The van der Waals surface area contributed by atoms with Crippen molar-refractivity contribution >= 4 is 23.5 Å². The second kappa shape index (κ2) is 10.9. The molecular weight excluding hydrogens is 336 g/mol. The van der Waals surface area contributed by atoms with Crippen LogP contribution in [-0.4, -0.2) is 56.2 Å². The molecule has 0 fully saturated rings. The molecule has 0 aliphatic rings. The predicted molar refractivity (Wildman–Crippen MR) is 101 cm³/mol. The number of hydrogen-bond acceptors (Lipinski definition) is 5. The number of carbonyl (C=O) groups excluding carboxylic acids is 1. The van der Waals surface area contributed by atoms with E-state index in [1.807, 2.05) is 43.3 Å². The molecule has 0 bridgehead atoms. The summed E-state index contributed by atoms with van der Waals surface area (Å²) in [6.07, 6.45) is 0.732. The second-order valence-electron chi connectivity index (χ2n) is 6.11. The zero-order chi connectivity index (χ0) is 19.5. The van der Waals surface area contributed by atoms with Gasteiger partial charge in [-0.3, -0.25) is 10.2 Å². The molecule has 7 N–H and O–H groups in total. The van der Waals surface area contributed by atoms with Crippen molar-refractivity contribution < 1.29 is 14.7 Å². The van der Waals surface area contributed by atoms with Crippen LogP contribution in [0.3, 0.4) is 0 Å². The topological polar surface area (TPSA) is 144 Å². The van der Waals surface area contributed by atoms with Gasteiger partial charge in [-0.15, -0.1) is 0 Å². The van der Waals surface area contributed by atoms with Gasteiger partial charge < -0.3 is 31.7 Å². The van der Waals surface area contributed by atoms with Gasteiger partial charge in [0.2, 0.25) is 5.91 Å². The van der Waals surface area contributed by atoms with Gasteiger partial charge in [0.05, 0.1) is 6.54 Å². The minimum Gasteiger partial charge on any atom is -0.480 e. The first-order valence-corrected chi connectivity index (χ1v) is 8.36. The fraction of sp³-hybridized carbons (Fsp3) is 0.471. The number of hydrogen-bond donors (Lipinski definition) is 6. The highest BCUT2D eigenvalue weighted by Crippen LogP contribution is 2.11. The second-order valence-corrected chi connectivity index (χ2v) is 6.11. The lowest BCUT2D eigenvalue weighted by atomic mass is 10.1. The lowest BCUT2D eigenvalue weighted by molar-refractivity contribution is -0.141. The first-order valence-electron chi connectivity index (χ1n) is 8.36. The van der Waals surface area contributed by atoms with Crippen molar-refractivity contribution in [2.45, 2.75) is 25.4 Å². The molecule has 0 aliphatic heterocycles. The van der Waals surface area contributed by atoms with Gasteiger partial charge in [-0.25, -0.2) is 4.79 Å². The quantitative estimate of drug-likeness (QED) is 0.179. The Morgan fingerprint density at radius 1 is 1.27 bits per heavy atom. The number of nitrogens with two attached hydrogens (primary N) is 1. The third kappa shape index (κ3) is 8.34. The monoisotopic (exact) mass is 364 g/mol. The average Bonchev–Trinajstić information content (AvgIpc) is 2.57. The summed E-state index contributed by atoms with van der Waals surface area (Å²) >= 11 is 0. The van der Waals surface area contributed by atoms with Crippen molar-refractivity contribution in [2.24, 2.45) is 5.73 Å². The van der Waals surface area contributed by atoms with Gasteiger partial charge in [-0.05, 0) is 30.5 Å². The molecule has 0 aromatic heterocycles. The molecule has 1 aromatic rings. The Morgan fingerprint density at radius 2 is 1.92 bits per heavy atom. The highest BCUT2D eigenvalue weighted by Gasteiger charge is 2.19. The number of anilines is 1. The molecular formula is C17H28N6O3. The Balaban J connectivity index is 2.33. The van der Waals surface area contributed by atoms with Crippen LogP contribution in [0.2, 0.25) is 0 Å². The maximum absolute atomic E-state index is 11.9. The molecule has 144 valence electrons. The molecule has 1 amide bonds. The molecule has 9 nitrogen and oxygen atoms in total. The molecule has 9 heteroatoms. The number of nitrogens with zero attached hydrogens (tertiary/aromatic N) is 1. The van der Waals surface area contributed by atoms with Gasteiger partial charge in [-0.1, -0.05) is 12.1 Å². The van der Waals surface area contributed by atoms with E-state index in [0.29, 0.717) is 19.5 Å². The average molecular weight is 364 g/mol. The molecule has 1 unspecified atom stereocenters. The van der Waals surface area contributed by atoms with Crippen molar-refractivity contribution in [3.8, 4) is 0 Å². The standard InChI is InChI=1S/C17H28N6O3/c1-23(2)13-7-5-12(6-8-13)10-20-11-15(24)22-14(16(25)26)4-3-9-21-17(18)19/h5-8,14,20H,3-4,9-11H2,1-2H3,(H,22,24)(H,25,26)(H4,18,19,21). The van der Waals surface area contributed by atoms with Crippen LogP contribution in [0.1, 0.15) is 18.4 Å². The van der Waals surface area contributed by atoms with E-state index in [9.17, 15) is 14.7 Å². The first-order chi connectivity index (χ1) is 12.3. The fourth-order valence-electron chi connectivity index (χ4n) is 2.26. The van der Waals surface area contributed by atoms with Crippen molar-refractivity contribution in [3.05, 3.63) is 29.8 Å². The molecule has 1 aromatic carbocycles. The number of benzene rings is 1. The van der Waals surface area contributed by atoms with Crippen LogP contribution < -0.4 is 26.6 Å². The normalized spacial score (nSPS) is 11.5. The highest BCUT2D eigenvalue weighted by atomic mass is 16.4. The van der Waals surface area contributed by atoms with Crippen molar-refractivity contribution in [1.82, 2.24) is 16.0 Å². The number of aliphatic carboxylic acids is 1. The minimum atomic E-state index is -1.08. The zero-order valence-corrected chi connectivity index (χ0v) is 15.2. The molecule has 0 saturated heterocycles. The van der Waals surface area contributed by atoms with Crippen molar-refractivity contribution in [1.29, 1.82) is 5.41 Å². The first kappa shape index (κ1) is 21.2. The summed E-state index contributed by atoms with van der Waals surface area (Å²) < 4.78 is 0. The Labute approximate surface area is 153 Å². The third-order valence-corrected chi connectivity index (χ3v) is 3.69. The van der Waals surface area contributed by atoms with Gasteiger partial charge in [0, 0.05) is 32.9 Å².